The predicted octanol–water partition coefficient (Wildman–Crippen LogP) is 3.26. The van der Waals surface area contributed by atoms with Crippen molar-refractivity contribution in [2.24, 2.45) is 0 Å². The molecule has 0 saturated carbocycles. The van der Waals surface area contributed by atoms with Gasteiger partial charge in [-0.3, -0.25) is 14.5 Å². The zero-order valence-corrected chi connectivity index (χ0v) is 19.9. The Morgan fingerprint density at radius 3 is 2.76 bits per heavy atom. The molecule has 2 saturated heterocycles. The van der Waals surface area contributed by atoms with Crippen LogP contribution in [0.1, 0.15) is 24.0 Å². The van der Waals surface area contributed by atoms with E-state index in [4.69, 9.17) is 26.4 Å². The highest BCUT2D eigenvalue weighted by Gasteiger charge is 2.33. The summed E-state index contributed by atoms with van der Waals surface area (Å²) in [5.41, 5.74) is 2.93. The number of hydrogen-bond donors (Lipinski definition) is 2. The van der Waals surface area contributed by atoms with Crippen molar-refractivity contribution in [1.29, 1.82) is 0 Å². The van der Waals surface area contributed by atoms with Crippen LogP contribution in [-0.2, 0) is 14.3 Å². The van der Waals surface area contributed by atoms with Crippen LogP contribution in [0.3, 0.4) is 0 Å². The summed E-state index contributed by atoms with van der Waals surface area (Å²) < 4.78 is 16.7. The Bertz CT molecular complexity index is 1110. The van der Waals surface area contributed by atoms with E-state index < -0.39 is 0 Å². The van der Waals surface area contributed by atoms with E-state index in [1.807, 2.05) is 31.2 Å². The van der Waals surface area contributed by atoms with Gasteiger partial charge in [-0.1, -0.05) is 23.8 Å². The molecule has 178 valence electrons. The lowest BCUT2D eigenvalue weighted by Gasteiger charge is -2.18. The minimum atomic E-state index is -0.280. The highest BCUT2D eigenvalue weighted by Crippen LogP contribution is 2.29. The molecule has 1 atom stereocenters. The summed E-state index contributed by atoms with van der Waals surface area (Å²) >= 11 is 5.34. The number of benzene rings is 2. The van der Waals surface area contributed by atoms with Crippen molar-refractivity contribution in [2.75, 3.05) is 32.2 Å². The molecule has 0 aromatic heterocycles. The number of ether oxygens (including phenoxy) is 3. The van der Waals surface area contributed by atoms with E-state index >= 15 is 0 Å². The largest absolute Gasteiger partial charge is 0.493 e. The van der Waals surface area contributed by atoms with E-state index in [0.29, 0.717) is 34.5 Å². The molecule has 2 aliphatic rings. The minimum Gasteiger partial charge on any atom is -0.493 e. The number of nitrogens with one attached hydrogen (secondary N) is 2. The zero-order valence-electron chi connectivity index (χ0n) is 19.1. The normalized spacial score (nSPS) is 18.8. The zero-order chi connectivity index (χ0) is 24.1. The van der Waals surface area contributed by atoms with Gasteiger partial charge >= 0.3 is 0 Å². The van der Waals surface area contributed by atoms with Crippen LogP contribution in [0.25, 0.3) is 6.08 Å². The number of carbonyl (C=O) groups is 2. The number of amides is 2. The number of carbonyl (C=O) groups excluding carboxylic acids is 2. The molecule has 2 aromatic carbocycles. The fraction of sp³-hybridized carbons (Fsp3) is 0.320. The number of hydrogen-bond acceptors (Lipinski definition) is 6. The summed E-state index contributed by atoms with van der Waals surface area (Å²) in [6, 6.07) is 12.7. The van der Waals surface area contributed by atoms with Crippen molar-refractivity contribution in [1.82, 2.24) is 10.2 Å². The maximum atomic E-state index is 12.8. The third-order valence-corrected chi connectivity index (χ3v) is 5.89. The summed E-state index contributed by atoms with van der Waals surface area (Å²) in [6.45, 7) is 2.98. The molecule has 0 aliphatic carbocycles. The van der Waals surface area contributed by atoms with Crippen LogP contribution >= 0.6 is 12.2 Å². The average Bonchev–Trinajstić information content (AvgIpc) is 3.44. The predicted molar refractivity (Wildman–Crippen MR) is 133 cm³/mol. The Morgan fingerprint density at radius 1 is 1.26 bits per heavy atom. The number of anilines is 1. The maximum absolute atomic E-state index is 12.8. The molecule has 2 heterocycles. The standard InChI is InChI=1S/C25H27N3O5S/c1-16-5-8-18(9-6-16)26-23(29)15-33-21-10-7-17(13-22(21)31-2)12-20-24(30)28(25(34)27-20)14-19-4-3-11-32-19/h5-10,12-13,19H,3-4,11,14-15H2,1-2H3,(H,26,29)(H,27,34)/b20-12+. The van der Waals surface area contributed by atoms with Crippen molar-refractivity contribution in [3.05, 3.63) is 59.3 Å². The molecule has 2 aromatic rings. The van der Waals surface area contributed by atoms with Crippen molar-refractivity contribution < 1.29 is 23.8 Å². The Labute approximate surface area is 203 Å². The van der Waals surface area contributed by atoms with Gasteiger partial charge in [-0.15, -0.1) is 0 Å². The van der Waals surface area contributed by atoms with Gasteiger partial charge in [-0.05, 0) is 67.9 Å². The van der Waals surface area contributed by atoms with Gasteiger partial charge in [-0.25, -0.2) is 0 Å². The number of thiocarbonyl (C=S) groups is 1. The fourth-order valence-electron chi connectivity index (χ4n) is 3.77. The summed E-state index contributed by atoms with van der Waals surface area (Å²) in [4.78, 5) is 26.6. The monoisotopic (exact) mass is 481 g/mol. The van der Waals surface area contributed by atoms with Crippen LogP contribution in [0.15, 0.2) is 48.2 Å². The molecule has 34 heavy (non-hydrogen) atoms. The van der Waals surface area contributed by atoms with Crippen molar-refractivity contribution in [3.8, 4) is 11.5 Å². The Kier molecular flexibility index (Phi) is 7.44. The van der Waals surface area contributed by atoms with Gasteiger partial charge in [0.1, 0.15) is 5.70 Å². The quantitative estimate of drug-likeness (QED) is 0.442. The molecule has 2 fully saturated rings. The molecule has 2 aliphatic heterocycles. The van der Waals surface area contributed by atoms with Gasteiger partial charge in [0.15, 0.2) is 23.2 Å². The van der Waals surface area contributed by atoms with Crippen LogP contribution in [0.2, 0.25) is 0 Å². The van der Waals surface area contributed by atoms with Crippen LogP contribution in [-0.4, -0.2) is 54.8 Å². The van der Waals surface area contributed by atoms with Crippen LogP contribution in [0.5, 0.6) is 11.5 Å². The van der Waals surface area contributed by atoms with Crippen molar-refractivity contribution >= 4 is 40.9 Å². The number of nitrogens with zero attached hydrogens (tertiary/aromatic N) is 1. The molecule has 0 radical (unpaired) electrons. The molecule has 2 amide bonds. The minimum absolute atomic E-state index is 0.0165. The van der Waals surface area contributed by atoms with Gasteiger partial charge < -0.3 is 24.8 Å². The number of aryl methyl sites for hydroxylation is 1. The van der Waals surface area contributed by atoms with E-state index in [-0.39, 0.29) is 24.5 Å². The molecule has 0 bridgehead atoms. The number of methoxy groups -OCH3 is 1. The van der Waals surface area contributed by atoms with Gasteiger partial charge in [0, 0.05) is 12.3 Å². The van der Waals surface area contributed by atoms with E-state index in [9.17, 15) is 9.59 Å². The molecule has 1 unspecified atom stereocenters. The van der Waals surface area contributed by atoms with E-state index in [1.165, 1.54) is 7.11 Å². The van der Waals surface area contributed by atoms with Crippen LogP contribution in [0.4, 0.5) is 5.69 Å². The first-order chi connectivity index (χ1) is 16.4. The van der Waals surface area contributed by atoms with Gasteiger partial charge in [0.05, 0.1) is 19.8 Å². The molecule has 4 rings (SSSR count). The van der Waals surface area contributed by atoms with Gasteiger partial charge in [0.2, 0.25) is 0 Å². The average molecular weight is 482 g/mol. The maximum Gasteiger partial charge on any atom is 0.276 e. The Hall–Kier alpha value is -3.43. The van der Waals surface area contributed by atoms with E-state index in [1.54, 1.807) is 29.2 Å². The van der Waals surface area contributed by atoms with E-state index in [0.717, 1.165) is 30.6 Å². The van der Waals surface area contributed by atoms with Crippen LogP contribution in [0, 0.1) is 6.92 Å². The lowest BCUT2D eigenvalue weighted by molar-refractivity contribution is -0.123. The van der Waals surface area contributed by atoms with Gasteiger partial charge in [0.25, 0.3) is 11.8 Å². The highest BCUT2D eigenvalue weighted by molar-refractivity contribution is 7.80. The topological polar surface area (TPSA) is 89.1 Å². The Morgan fingerprint density at radius 2 is 2.06 bits per heavy atom. The smallest absolute Gasteiger partial charge is 0.276 e. The third-order valence-electron chi connectivity index (χ3n) is 5.57. The second kappa shape index (κ2) is 10.7. The molecule has 2 N–H and O–H groups in total. The lowest BCUT2D eigenvalue weighted by atomic mass is 10.1. The molecule has 9 heteroatoms. The summed E-state index contributed by atoms with van der Waals surface area (Å²) in [5.74, 6) is 0.400. The first-order valence-corrected chi connectivity index (χ1v) is 11.5. The lowest BCUT2D eigenvalue weighted by Crippen LogP contribution is -2.37. The first-order valence-electron chi connectivity index (χ1n) is 11.1. The van der Waals surface area contributed by atoms with Gasteiger partial charge in [-0.2, -0.15) is 0 Å². The Balaban J connectivity index is 1.39. The molecule has 0 spiro atoms. The number of rotatable bonds is 8. The molecular weight excluding hydrogens is 454 g/mol. The summed E-state index contributed by atoms with van der Waals surface area (Å²) in [7, 11) is 1.52. The third kappa shape index (κ3) is 5.73. The summed E-state index contributed by atoms with van der Waals surface area (Å²) in [5, 5.41) is 6.15. The second-order valence-corrected chi connectivity index (χ2v) is 8.54. The SMILES string of the molecule is COc1cc(/C=C2/NC(=S)N(CC3CCCO3)C2=O)ccc1OCC(=O)Nc1ccc(C)cc1. The van der Waals surface area contributed by atoms with Crippen molar-refractivity contribution in [3.63, 3.8) is 0 Å². The van der Waals surface area contributed by atoms with Crippen molar-refractivity contribution in [2.45, 2.75) is 25.9 Å². The molecular formula is C25H27N3O5S. The van der Waals surface area contributed by atoms with Crippen LogP contribution < -0.4 is 20.1 Å². The molecule has 8 nitrogen and oxygen atoms in total. The fourth-order valence-corrected chi connectivity index (χ4v) is 4.03. The second-order valence-electron chi connectivity index (χ2n) is 8.15. The first kappa shape index (κ1) is 23.7. The summed E-state index contributed by atoms with van der Waals surface area (Å²) in [6.07, 6.45) is 3.65. The highest BCUT2D eigenvalue weighted by atomic mass is 32.1. The van der Waals surface area contributed by atoms with E-state index in [2.05, 4.69) is 10.6 Å².